The van der Waals surface area contributed by atoms with Gasteiger partial charge in [-0.25, -0.2) is 0 Å². The van der Waals surface area contributed by atoms with Gasteiger partial charge < -0.3 is 9.80 Å². The average molecular weight is 671 g/mol. The molecule has 4 heteroatoms. The van der Waals surface area contributed by atoms with E-state index in [-0.39, 0.29) is 23.0 Å². The highest BCUT2D eigenvalue weighted by Gasteiger charge is 2.46. The number of hydrogen-bond donors (Lipinski definition) is 0. The van der Waals surface area contributed by atoms with E-state index in [1.54, 1.807) is 0 Å². The monoisotopic (exact) mass is 670 g/mol. The van der Waals surface area contributed by atoms with Crippen molar-refractivity contribution in [2.45, 2.75) is 91.4 Å². The molecule has 0 fully saturated rings. The van der Waals surface area contributed by atoms with Gasteiger partial charge in [-0.2, -0.15) is 0 Å². The van der Waals surface area contributed by atoms with Crippen molar-refractivity contribution in [1.29, 1.82) is 0 Å². The smallest absolute Gasteiger partial charge is 0.264 e. The van der Waals surface area contributed by atoms with E-state index in [1.807, 2.05) is 11.3 Å². The van der Waals surface area contributed by atoms with Gasteiger partial charge in [0.05, 0.1) is 5.69 Å². The lowest BCUT2D eigenvalue weighted by atomic mass is 9.36. The summed E-state index contributed by atoms with van der Waals surface area (Å²) in [4.78, 5) is 5.20. The van der Waals surface area contributed by atoms with Crippen LogP contribution in [0.3, 0.4) is 0 Å². The van der Waals surface area contributed by atoms with E-state index < -0.39 is 0 Å². The Hall–Kier alpha value is -4.28. The third-order valence-corrected chi connectivity index (χ3v) is 13.2. The second-order valence-electron chi connectivity index (χ2n) is 17.5. The van der Waals surface area contributed by atoms with Gasteiger partial charge in [0.15, 0.2) is 0 Å². The quantitative estimate of drug-likeness (QED) is 0.169. The number of thiophene rings is 1. The van der Waals surface area contributed by atoms with E-state index in [0.29, 0.717) is 0 Å². The van der Waals surface area contributed by atoms with Gasteiger partial charge in [-0.15, -0.1) is 11.3 Å². The van der Waals surface area contributed by atoms with Crippen molar-refractivity contribution >= 4 is 78.0 Å². The minimum absolute atomic E-state index is 0.0490. The zero-order chi connectivity index (χ0) is 34.9. The maximum atomic E-state index is 2.64. The van der Waals surface area contributed by atoms with Crippen LogP contribution in [0.2, 0.25) is 0 Å². The molecule has 6 aromatic rings. The largest absolute Gasteiger partial charge is 0.311 e. The molecule has 0 atom stereocenters. The number of aryl methyl sites for hydroxylation is 2. The van der Waals surface area contributed by atoms with Crippen molar-refractivity contribution in [1.82, 2.24) is 0 Å². The molecule has 3 aliphatic rings. The fraction of sp³-hybridized carbons (Fsp3) is 0.304. The molecule has 1 aliphatic carbocycles. The molecule has 0 N–H and O–H groups in total. The third kappa shape index (κ3) is 4.60. The number of hydrogen-bond acceptors (Lipinski definition) is 3. The first-order valence-corrected chi connectivity index (χ1v) is 19.2. The molecule has 0 unspecified atom stereocenters. The Morgan fingerprint density at radius 2 is 1.32 bits per heavy atom. The molecule has 0 amide bonds. The molecule has 2 aliphatic heterocycles. The zero-order valence-corrected chi connectivity index (χ0v) is 31.8. The summed E-state index contributed by atoms with van der Waals surface area (Å²) < 4.78 is 2.79. The molecule has 3 heterocycles. The highest BCUT2D eigenvalue weighted by atomic mass is 32.1. The van der Waals surface area contributed by atoms with Crippen LogP contribution in [0.1, 0.15) is 89.1 Å². The van der Waals surface area contributed by atoms with Crippen LogP contribution < -0.4 is 25.5 Å². The normalized spacial score (nSPS) is 16.9. The summed E-state index contributed by atoms with van der Waals surface area (Å²) in [5.41, 5.74) is 17.8. The Labute approximate surface area is 302 Å². The van der Waals surface area contributed by atoms with E-state index in [1.165, 1.54) is 101 Å². The van der Waals surface area contributed by atoms with Gasteiger partial charge in [-0.05, 0) is 130 Å². The highest BCUT2D eigenvalue weighted by Crippen LogP contribution is 2.51. The molecule has 2 nitrogen and oxygen atoms in total. The van der Waals surface area contributed by atoms with E-state index in [2.05, 4.69) is 169 Å². The van der Waals surface area contributed by atoms with Gasteiger partial charge >= 0.3 is 0 Å². The van der Waals surface area contributed by atoms with Crippen LogP contribution in [0.4, 0.5) is 34.1 Å². The first kappa shape index (κ1) is 31.7. The van der Waals surface area contributed by atoms with Crippen LogP contribution in [0, 0.1) is 13.8 Å². The second-order valence-corrected chi connectivity index (χ2v) is 18.6. The van der Waals surface area contributed by atoms with Crippen molar-refractivity contribution in [3.8, 4) is 0 Å². The molecular formula is C46H47BN2S. The summed E-state index contributed by atoms with van der Waals surface area (Å²) in [6.45, 7) is 21.3. The summed E-state index contributed by atoms with van der Waals surface area (Å²) in [6.07, 6.45) is 2.41. The van der Waals surface area contributed by atoms with E-state index >= 15 is 0 Å². The van der Waals surface area contributed by atoms with Gasteiger partial charge in [-0.3, -0.25) is 0 Å². The van der Waals surface area contributed by atoms with Crippen LogP contribution >= 0.6 is 11.3 Å². The van der Waals surface area contributed by atoms with E-state index in [9.17, 15) is 0 Å². The standard InChI is InChI=1S/C46H47BN2S/c1-28-17-20-36-37(23-28)48(31-14-12-13-30(26-31)44(3,4)5)38-24-29(2)25-39-41(38)47(36)43-42(33-15-10-11-16-40(33)50-43)49(39)32-18-19-34-35(27-32)46(8,9)22-21-45(34,6)7/h10-20,23-27H,21-22H2,1-9H3. The molecule has 9 rings (SSSR count). The molecule has 0 bridgehead atoms. The van der Waals surface area contributed by atoms with E-state index in [0.717, 1.165) is 0 Å². The first-order valence-electron chi connectivity index (χ1n) is 18.4. The molecule has 1 aromatic heterocycles. The highest BCUT2D eigenvalue weighted by molar-refractivity contribution is 7.33. The lowest BCUT2D eigenvalue weighted by molar-refractivity contribution is 0.332. The summed E-state index contributed by atoms with van der Waals surface area (Å²) in [5, 5.41) is 1.34. The Bertz CT molecular complexity index is 2370. The summed E-state index contributed by atoms with van der Waals surface area (Å²) in [6, 6.07) is 37.8. The molecular weight excluding hydrogens is 623 g/mol. The molecule has 5 aromatic carbocycles. The van der Waals surface area contributed by atoms with Gasteiger partial charge in [-0.1, -0.05) is 97.0 Å². The molecule has 0 radical (unpaired) electrons. The molecule has 0 spiro atoms. The van der Waals surface area contributed by atoms with E-state index in [4.69, 9.17) is 0 Å². The molecule has 250 valence electrons. The van der Waals surface area contributed by atoms with Crippen LogP contribution in [0.15, 0.2) is 97.1 Å². The Morgan fingerprint density at radius 1 is 0.640 bits per heavy atom. The Morgan fingerprint density at radius 3 is 2.08 bits per heavy atom. The number of benzene rings is 5. The average Bonchev–Trinajstić information content (AvgIpc) is 3.45. The van der Waals surface area contributed by atoms with Crippen molar-refractivity contribution in [3.05, 3.63) is 125 Å². The molecule has 0 saturated carbocycles. The fourth-order valence-electron chi connectivity index (χ4n) is 9.05. The van der Waals surface area contributed by atoms with Crippen molar-refractivity contribution < 1.29 is 0 Å². The number of anilines is 6. The van der Waals surface area contributed by atoms with Crippen LogP contribution in [-0.2, 0) is 16.2 Å². The van der Waals surface area contributed by atoms with Crippen LogP contribution in [0.5, 0.6) is 0 Å². The Kier molecular flexibility index (Phi) is 6.73. The number of fused-ring (bicyclic) bond motifs is 7. The van der Waals surface area contributed by atoms with Crippen molar-refractivity contribution in [2.75, 3.05) is 9.80 Å². The maximum Gasteiger partial charge on any atom is 0.264 e. The number of rotatable bonds is 2. The van der Waals surface area contributed by atoms with Crippen LogP contribution in [-0.4, -0.2) is 6.71 Å². The van der Waals surface area contributed by atoms with Gasteiger partial charge in [0.1, 0.15) is 0 Å². The van der Waals surface area contributed by atoms with Gasteiger partial charge in [0.2, 0.25) is 0 Å². The Balaban J connectivity index is 1.37. The second kappa shape index (κ2) is 10.6. The number of nitrogens with zero attached hydrogens (tertiary/aromatic N) is 2. The lowest BCUT2D eigenvalue weighted by Crippen LogP contribution is -2.60. The van der Waals surface area contributed by atoms with Gasteiger partial charge in [0.25, 0.3) is 6.71 Å². The minimum Gasteiger partial charge on any atom is -0.311 e. The van der Waals surface area contributed by atoms with Gasteiger partial charge in [0, 0.05) is 43.3 Å². The third-order valence-electron chi connectivity index (χ3n) is 11.9. The topological polar surface area (TPSA) is 6.48 Å². The summed E-state index contributed by atoms with van der Waals surface area (Å²) in [7, 11) is 0. The molecule has 50 heavy (non-hydrogen) atoms. The minimum atomic E-state index is 0.0490. The van der Waals surface area contributed by atoms with Crippen LogP contribution in [0.25, 0.3) is 10.1 Å². The SMILES string of the molecule is Cc1ccc2c(c1)N(c1cccc(C(C)(C)C)c1)c1cc(C)cc3c1B2c1sc2ccccc2c1N3c1ccc2c(c1)C(C)(C)CCC2(C)C. The predicted molar refractivity (Wildman–Crippen MR) is 219 cm³/mol. The summed E-state index contributed by atoms with van der Waals surface area (Å²) in [5.74, 6) is 0. The maximum absolute atomic E-state index is 2.64. The van der Waals surface area contributed by atoms with Crippen molar-refractivity contribution in [3.63, 3.8) is 0 Å². The summed E-state index contributed by atoms with van der Waals surface area (Å²) >= 11 is 1.98. The van der Waals surface area contributed by atoms with Crippen molar-refractivity contribution in [2.24, 2.45) is 0 Å². The predicted octanol–water partition coefficient (Wildman–Crippen LogP) is 11.2. The lowest BCUT2D eigenvalue weighted by Gasteiger charge is -2.45. The zero-order valence-electron chi connectivity index (χ0n) is 31.0. The molecule has 0 saturated heterocycles. The fourth-order valence-corrected chi connectivity index (χ4v) is 10.4. The first-order chi connectivity index (χ1) is 23.7.